The Kier molecular flexibility index (Phi) is 4.90. The number of methoxy groups -OCH3 is 3. The van der Waals surface area contributed by atoms with Crippen molar-refractivity contribution in [3.63, 3.8) is 0 Å². The molecular weight excluding hydrogens is 272 g/mol. The molecule has 1 fully saturated rings. The first-order valence-electron chi connectivity index (χ1n) is 6.95. The quantitative estimate of drug-likeness (QED) is 0.864. The minimum Gasteiger partial charge on any atom is -0.493 e. The molecule has 6 heteroatoms. The molecule has 1 aromatic rings. The van der Waals surface area contributed by atoms with Gasteiger partial charge in [0.2, 0.25) is 11.7 Å². The van der Waals surface area contributed by atoms with Gasteiger partial charge in [0.1, 0.15) is 0 Å². The molecule has 0 aliphatic carbocycles. The van der Waals surface area contributed by atoms with Crippen LogP contribution in [0, 0.1) is 5.92 Å². The van der Waals surface area contributed by atoms with Crippen LogP contribution < -0.4 is 24.8 Å². The van der Waals surface area contributed by atoms with E-state index in [0.717, 1.165) is 13.0 Å². The van der Waals surface area contributed by atoms with Crippen molar-refractivity contribution in [3.8, 4) is 17.2 Å². The molecule has 116 valence electrons. The summed E-state index contributed by atoms with van der Waals surface area (Å²) in [5, 5.41) is 6.19. The van der Waals surface area contributed by atoms with Crippen molar-refractivity contribution >= 4 is 11.6 Å². The van der Waals surface area contributed by atoms with Crippen molar-refractivity contribution in [2.45, 2.75) is 19.4 Å². The molecule has 0 bridgehead atoms. The Labute approximate surface area is 124 Å². The lowest BCUT2D eigenvalue weighted by Crippen LogP contribution is -2.32. The van der Waals surface area contributed by atoms with Crippen LogP contribution >= 0.6 is 0 Å². The third-order valence-electron chi connectivity index (χ3n) is 3.79. The van der Waals surface area contributed by atoms with Gasteiger partial charge in [-0.15, -0.1) is 0 Å². The van der Waals surface area contributed by atoms with Crippen molar-refractivity contribution in [2.75, 3.05) is 33.2 Å². The summed E-state index contributed by atoms with van der Waals surface area (Å²) < 4.78 is 15.8. The molecule has 1 amide bonds. The van der Waals surface area contributed by atoms with Gasteiger partial charge in [-0.25, -0.2) is 0 Å². The second-order valence-electron chi connectivity index (χ2n) is 5.04. The van der Waals surface area contributed by atoms with Gasteiger partial charge >= 0.3 is 0 Å². The van der Waals surface area contributed by atoms with E-state index in [4.69, 9.17) is 14.2 Å². The lowest BCUT2D eigenvalue weighted by atomic mass is 10.0. The van der Waals surface area contributed by atoms with Gasteiger partial charge in [0.25, 0.3) is 0 Å². The Balaban J connectivity index is 2.21. The van der Waals surface area contributed by atoms with E-state index in [-0.39, 0.29) is 17.9 Å². The maximum absolute atomic E-state index is 12.3. The maximum Gasteiger partial charge on any atom is 0.229 e. The number of hydrogen-bond donors (Lipinski definition) is 2. The van der Waals surface area contributed by atoms with Crippen LogP contribution in [-0.4, -0.2) is 39.8 Å². The number of benzene rings is 1. The Morgan fingerprint density at radius 2 is 1.81 bits per heavy atom. The molecule has 2 unspecified atom stereocenters. The second kappa shape index (κ2) is 6.67. The van der Waals surface area contributed by atoms with Gasteiger partial charge in [0.15, 0.2) is 11.5 Å². The fourth-order valence-corrected chi connectivity index (χ4v) is 2.61. The number of carbonyl (C=O) groups excluding carboxylic acids is 1. The summed E-state index contributed by atoms with van der Waals surface area (Å²) in [6, 6.07) is 3.64. The largest absolute Gasteiger partial charge is 0.493 e. The van der Waals surface area contributed by atoms with Gasteiger partial charge in [-0.1, -0.05) is 0 Å². The minimum absolute atomic E-state index is 0.00164. The molecule has 21 heavy (non-hydrogen) atoms. The minimum atomic E-state index is -0.0240. The van der Waals surface area contributed by atoms with E-state index >= 15 is 0 Å². The summed E-state index contributed by atoms with van der Waals surface area (Å²) >= 11 is 0. The average molecular weight is 294 g/mol. The third kappa shape index (κ3) is 3.21. The van der Waals surface area contributed by atoms with Gasteiger partial charge in [0.05, 0.1) is 27.2 Å². The lowest BCUT2D eigenvalue weighted by molar-refractivity contribution is -0.119. The molecule has 0 radical (unpaired) electrons. The van der Waals surface area contributed by atoms with Gasteiger partial charge in [-0.2, -0.15) is 0 Å². The fourth-order valence-electron chi connectivity index (χ4n) is 2.61. The first-order chi connectivity index (χ1) is 10.1. The van der Waals surface area contributed by atoms with E-state index in [1.165, 1.54) is 0 Å². The van der Waals surface area contributed by atoms with Crippen LogP contribution in [0.15, 0.2) is 12.1 Å². The first kappa shape index (κ1) is 15.4. The van der Waals surface area contributed by atoms with E-state index in [0.29, 0.717) is 22.9 Å². The van der Waals surface area contributed by atoms with E-state index in [1.807, 2.05) is 6.92 Å². The van der Waals surface area contributed by atoms with Crippen molar-refractivity contribution < 1.29 is 19.0 Å². The molecule has 2 N–H and O–H groups in total. The Bertz CT molecular complexity index is 493. The second-order valence-corrected chi connectivity index (χ2v) is 5.04. The summed E-state index contributed by atoms with van der Waals surface area (Å²) in [5.41, 5.74) is 0.633. The van der Waals surface area contributed by atoms with Crippen molar-refractivity contribution in [1.82, 2.24) is 5.32 Å². The Hall–Kier alpha value is -1.95. The number of amides is 1. The Morgan fingerprint density at radius 1 is 1.19 bits per heavy atom. The van der Waals surface area contributed by atoms with Crippen molar-refractivity contribution in [1.29, 1.82) is 0 Å². The molecule has 1 aliphatic rings. The summed E-state index contributed by atoms with van der Waals surface area (Å²) in [5.74, 6) is 1.52. The monoisotopic (exact) mass is 294 g/mol. The van der Waals surface area contributed by atoms with Crippen molar-refractivity contribution in [3.05, 3.63) is 12.1 Å². The molecule has 1 aromatic carbocycles. The molecule has 0 aromatic heterocycles. The zero-order valence-electron chi connectivity index (χ0n) is 12.9. The molecule has 6 nitrogen and oxygen atoms in total. The molecule has 2 rings (SSSR count). The van der Waals surface area contributed by atoms with Crippen LogP contribution in [-0.2, 0) is 4.79 Å². The smallest absolute Gasteiger partial charge is 0.229 e. The number of anilines is 1. The van der Waals surface area contributed by atoms with Crippen LogP contribution in [0.2, 0.25) is 0 Å². The predicted octanol–water partition coefficient (Wildman–Crippen LogP) is 1.65. The standard InChI is InChI=1S/C15H22N2O4/c1-9-11(5-6-16-9)15(18)17-10-7-12(19-2)14(21-4)13(8-10)20-3/h7-9,11,16H,5-6H2,1-4H3,(H,17,18). The van der Waals surface area contributed by atoms with Crippen LogP contribution in [0.3, 0.4) is 0 Å². The average Bonchev–Trinajstić information content (AvgIpc) is 2.92. The number of carbonyl (C=O) groups is 1. The summed E-state index contributed by atoms with van der Waals surface area (Å²) in [6.45, 7) is 2.89. The SMILES string of the molecule is COc1cc(NC(=O)C2CCNC2C)cc(OC)c1OC. The summed E-state index contributed by atoms with van der Waals surface area (Å²) in [7, 11) is 4.64. The maximum atomic E-state index is 12.3. The molecule has 1 aliphatic heterocycles. The molecule has 1 heterocycles. The van der Waals surface area contributed by atoms with E-state index in [1.54, 1.807) is 33.5 Å². The van der Waals surface area contributed by atoms with Gasteiger partial charge < -0.3 is 24.8 Å². The lowest BCUT2D eigenvalue weighted by Gasteiger charge is -2.17. The molecule has 0 saturated carbocycles. The number of ether oxygens (including phenoxy) is 3. The van der Waals surface area contributed by atoms with Crippen LogP contribution in [0.1, 0.15) is 13.3 Å². The highest BCUT2D eigenvalue weighted by Gasteiger charge is 2.29. The van der Waals surface area contributed by atoms with Crippen LogP contribution in [0.25, 0.3) is 0 Å². The van der Waals surface area contributed by atoms with E-state index in [2.05, 4.69) is 10.6 Å². The number of nitrogens with one attached hydrogen (secondary N) is 2. The van der Waals surface area contributed by atoms with Crippen LogP contribution in [0.5, 0.6) is 17.2 Å². The fraction of sp³-hybridized carbons (Fsp3) is 0.533. The van der Waals surface area contributed by atoms with Gasteiger partial charge in [-0.05, 0) is 19.9 Å². The van der Waals surface area contributed by atoms with Crippen molar-refractivity contribution in [2.24, 2.45) is 5.92 Å². The van der Waals surface area contributed by atoms with Gasteiger partial charge in [0, 0.05) is 23.9 Å². The number of rotatable bonds is 5. The zero-order chi connectivity index (χ0) is 15.4. The molecular formula is C15H22N2O4. The molecule has 2 atom stereocenters. The predicted molar refractivity (Wildman–Crippen MR) is 80.3 cm³/mol. The van der Waals surface area contributed by atoms with E-state index in [9.17, 15) is 4.79 Å². The topological polar surface area (TPSA) is 68.8 Å². The normalized spacial score (nSPS) is 21.0. The third-order valence-corrected chi connectivity index (χ3v) is 3.79. The Morgan fingerprint density at radius 3 is 2.24 bits per heavy atom. The van der Waals surface area contributed by atoms with Crippen LogP contribution in [0.4, 0.5) is 5.69 Å². The number of hydrogen-bond acceptors (Lipinski definition) is 5. The van der Waals surface area contributed by atoms with E-state index < -0.39 is 0 Å². The first-order valence-corrected chi connectivity index (χ1v) is 6.95. The highest BCUT2D eigenvalue weighted by atomic mass is 16.5. The highest BCUT2D eigenvalue weighted by molar-refractivity contribution is 5.94. The zero-order valence-corrected chi connectivity index (χ0v) is 12.9. The summed E-state index contributed by atoms with van der Waals surface area (Å²) in [6.07, 6.45) is 0.845. The van der Waals surface area contributed by atoms with Gasteiger partial charge in [-0.3, -0.25) is 4.79 Å². The summed E-state index contributed by atoms with van der Waals surface area (Å²) in [4.78, 5) is 12.3. The molecule has 0 spiro atoms. The highest BCUT2D eigenvalue weighted by Crippen LogP contribution is 2.40. The molecule has 1 saturated heterocycles.